The molecule has 0 radical (unpaired) electrons. The number of pyridine rings is 1. The summed E-state index contributed by atoms with van der Waals surface area (Å²) in [4.78, 5) is 55.6. The van der Waals surface area contributed by atoms with Gasteiger partial charge in [-0.05, 0) is 18.4 Å². The number of hydrazine groups is 1. The summed E-state index contributed by atoms with van der Waals surface area (Å²) < 4.78 is 18.4. The van der Waals surface area contributed by atoms with Crippen LogP contribution in [0.25, 0.3) is 10.9 Å². The van der Waals surface area contributed by atoms with E-state index in [1.807, 2.05) is 13.8 Å². The Balaban J connectivity index is 2.19. The average Bonchev–Trinajstić information content (AvgIpc) is 3.18. The van der Waals surface area contributed by atoms with Gasteiger partial charge in [0.15, 0.2) is 0 Å². The molecule has 0 fully saturated rings. The summed E-state index contributed by atoms with van der Waals surface area (Å²) in [7, 11) is 1.47. The van der Waals surface area contributed by atoms with Gasteiger partial charge < -0.3 is 20.8 Å². The van der Waals surface area contributed by atoms with Crippen molar-refractivity contribution in [2.24, 2.45) is 11.7 Å². The normalized spacial score (nSPS) is 12.8. The van der Waals surface area contributed by atoms with Crippen molar-refractivity contribution < 1.29 is 28.3 Å². The Morgan fingerprint density at radius 2 is 2.00 bits per heavy atom. The number of nitrogens with one attached hydrogen (secondary N) is 3. The largest absolute Gasteiger partial charge is 0.481 e. The molecule has 1 unspecified atom stereocenters. The number of aromatic amines is 1. The highest BCUT2D eigenvalue weighted by Crippen LogP contribution is 2.19. The van der Waals surface area contributed by atoms with Gasteiger partial charge in [0, 0.05) is 17.9 Å². The Labute approximate surface area is 194 Å². The van der Waals surface area contributed by atoms with Crippen LogP contribution in [0.4, 0.5) is 4.39 Å². The van der Waals surface area contributed by atoms with E-state index >= 15 is 0 Å². The lowest BCUT2D eigenvalue weighted by molar-refractivity contribution is -0.144. The number of H-pyrrole nitrogens is 1. The third-order valence-electron chi connectivity index (χ3n) is 4.54. The maximum atomic E-state index is 13.3. The molecule has 180 valence electrons. The van der Waals surface area contributed by atoms with Crippen LogP contribution in [0.1, 0.15) is 37.2 Å². The van der Waals surface area contributed by atoms with Crippen molar-refractivity contribution in [1.29, 1.82) is 0 Å². The van der Waals surface area contributed by atoms with E-state index in [9.17, 15) is 23.6 Å². The van der Waals surface area contributed by atoms with E-state index < -0.39 is 35.3 Å². The number of amides is 4. The third-order valence-corrected chi connectivity index (χ3v) is 4.73. The molecule has 0 aliphatic heterocycles. The van der Waals surface area contributed by atoms with E-state index in [-0.39, 0.29) is 31.0 Å². The van der Waals surface area contributed by atoms with Gasteiger partial charge in [-0.3, -0.25) is 24.6 Å². The maximum absolute atomic E-state index is 13.3. The zero-order chi connectivity index (χ0) is 24.7. The first-order valence-corrected chi connectivity index (χ1v) is 10.5. The molecule has 13 heteroatoms. The predicted molar refractivity (Wildman–Crippen MR) is 118 cm³/mol. The molecule has 0 spiro atoms. The van der Waals surface area contributed by atoms with Gasteiger partial charge in [0.25, 0.3) is 23.4 Å². The van der Waals surface area contributed by atoms with Crippen molar-refractivity contribution in [2.45, 2.75) is 38.4 Å². The predicted octanol–water partition coefficient (Wildman–Crippen LogP) is 0.986. The number of hydrogen-bond donors (Lipinski definition) is 4. The molecule has 11 nitrogen and oxygen atoms in total. The number of hydrogen-bond acceptors (Lipinski definition) is 6. The summed E-state index contributed by atoms with van der Waals surface area (Å²) in [5.74, 6) is -3.04. The molecule has 2 rings (SSSR count). The van der Waals surface area contributed by atoms with E-state index in [0.29, 0.717) is 21.8 Å². The van der Waals surface area contributed by atoms with Crippen molar-refractivity contribution in [2.75, 3.05) is 13.7 Å². The Bertz CT molecular complexity index is 1030. The van der Waals surface area contributed by atoms with Crippen LogP contribution < -0.4 is 21.2 Å². The van der Waals surface area contributed by atoms with Gasteiger partial charge in [0.2, 0.25) is 11.8 Å². The van der Waals surface area contributed by atoms with Crippen molar-refractivity contribution in [3.8, 4) is 5.88 Å². The minimum Gasteiger partial charge on any atom is -0.481 e. The number of halogens is 2. The lowest BCUT2D eigenvalue weighted by Gasteiger charge is -2.27. The second kappa shape index (κ2) is 11.5. The summed E-state index contributed by atoms with van der Waals surface area (Å²) in [6, 6.07) is 2.14. The summed E-state index contributed by atoms with van der Waals surface area (Å²) in [6.45, 7) is 3.28. The first-order chi connectivity index (χ1) is 15.5. The molecule has 0 aliphatic carbocycles. The number of aromatic nitrogens is 2. The monoisotopic (exact) mass is 484 g/mol. The van der Waals surface area contributed by atoms with E-state index in [1.54, 1.807) is 12.1 Å². The fourth-order valence-electron chi connectivity index (χ4n) is 2.96. The minimum atomic E-state index is -2.44. The smallest absolute Gasteiger partial charge is 0.291 e. The quantitative estimate of drug-likeness (QED) is 0.290. The molecule has 33 heavy (non-hydrogen) atoms. The topological polar surface area (TPSA) is 160 Å². The Hall–Kier alpha value is -3.41. The third kappa shape index (κ3) is 7.31. The minimum absolute atomic E-state index is 0.0195. The molecule has 0 bridgehead atoms. The fraction of sp³-hybridized carbons (Fsp3) is 0.450. The number of carbonyl (C=O) groups is 4. The van der Waals surface area contributed by atoms with Crippen molar-refractivity contribution in [1.82, 2.24) is 25.7 Å². The standard InChI is InChI=1S/C20H26ClFN6O5/c1-10(2)6-12(19(31)27-28(5-4-15(23)29)20(32)17(21)22)26-18(30)13-7-11-8-16(33-3)24-9-14(11)25-13/h7-10,12,17,25H,4-6H2,1-3H3,(H2,23,29)(H,26,30)(H,27,31)/t12-,17?/m0/s1. The van der Waals surface area contributed by atoms with Crippen LogP contribution in [0.5, 0.6) is 5.88 Å². The first-order valence-electron chi connectivity index (χ1n) is 10.0. The number of nitrogens with zero attached hydrogens (tertiary/aromatic N) is 2. The zero-order valence-corrected chi connectivity index (χ0v) is 19.1. The van der Waals surface area contributed by atoms with Crippen LogP contribution in [0.3, 0.4) is 0 Å². The van der Waals surface area contributed by atoms with Crippen molar-refractivity contribution >= 4 is 46.1 Å². The second-order valence-corrected chi connectivity index (χ2v) is 8.02. The molecule has 2 aromatic rings. The van der Waals surface area contributed by atoms with E-state index in [1.165, 1.54) is 13.3 Å². The fourth-order valence-corrected chi connectivity index (χ4v) is 3.07. The van der Waals surface area contributed by atoms with E-state index in [4.69, 9.17) is 22.1 Å². The van der Waals surface area contributed by atoms with Gasteiger partial charge >= 0.3 is 0 Å². The van der Waals surface area contributed by atoms with Crippen LogP contribution in [0.15, 0.2) is 18.3 Å². The second-order valence-electron chi connectivity index (χ2n) is 7.64. The molecule has 0 aromatic carbocycles. The lowest BCUT2D eigenvalue weighted by atomic mass is 10.0. The molecule has 5 N–H and O–H groups in total. The van der Waals surface area contributed by atoms with Crippen LogP contribution in [-0.4, -0.2) is 63.9 Å². The van der Waals surface area contributed by atoms with Crippen molar-refractivity contribution in [3.05, 3.63) is 24.0 Å². The van der Waals surface area contributed by atoms with Crippen LogP contribution in [-0.2, 0) is 14.4 Å². The maximum Gasteiger partial charge on any atom is 0.291 e. The van der Waals surface area contributed by atoms with Crippen molar-refractivity contribution in [3.63, 3.8) is 0 Å². The number of ether oxygens (including phenoxy) is 1. The number of alkyl halides is 2. The summed E-state index contributed by atoms with van der Waals surface area (Å²) in [5.41, 5.74) is 5.61. The van der Waals surface area contributed by atoms with Gasteiger partial charge in [-0.25, -0.2) is 14.4 Å². The average molecular weight is 485 g/mol. The molecule has 2 heterocycles. The molecular formula is C20H26ClFN6O5. The molecule has 0 saturated heterocycles. The summed E-state index contributed by atoms with van der Waals surface area (Å²) in [6.07, 6.45) is 1.39. The van der Waals surface area contributed by atoms with Crippen LogP contribution in [0.2, 0.25) is 0 Å². The summed E-state index contributed by atoms with van der Waals surface area (Å²) >= 11 is 5.20. The number of carbonyl (C=O) groups excluding carboxylic acids is 4. The number of primary amides is 1. The molecule has 2 atom stereocenters. The molecular weight excluding hydrogens is 459 g/mol. The van der Waals surface area contributed by atoms with Gasteiger partial charge in [0.1, 0.15) is 11.7 Å². The van der Waals surface area contributed by atoms with Crippen LogP contribution in [0, 0.1) is 5.92 Å². The van der Waals surface area contributed by atoms with Crippen LogP contribution >= 0.6 is 11.6 Å². The lowest BCUT2D eigenvalue weighted by Crippen LogP contribution is -2.56. The van der Waals surface area contributed by atoms with Gasteiger partial charge in [-0.15, -0.1) is 0 Å². The van der Waals surface area contributed by atoms with E-state index in [2.05, 4.69) is 20.7 Å². The molecule has 4 amide bonds. The highest BCUT2D eigenvalue weighted by molar-refractivity contribution is 6.29. The first kappa shape index (κ1) is 25.8. The van der Waals surface area contributed by atoms with Gasteiger partial charge in [-0.1, -0.05) is 25.4 Å². The van der Waals surface area contributed by atoms with Gasteiger partial charge in [-0.2, -0.15) is 0 Å². The Morgan fingerprint density at radius 1 is 1.30 bits per heavy atom. The summed E-state index contributed by atoms with van der Waals surface area (Å²) in [5, 5.41) is 3.85. The highest BCUT2D eigenvalue weighted by Gasteiger charge is 2.29. The molecule has 2 aromatic heterocycles. The molecule has 0 saturated carbocycles. The Kier molecular flexibility index (Phi) is 8.97. The Morgan fingerprint density at radius 3 is 2.58 bits per heavy atom. The van der Waals surface area contributed by atoms with E-state index in [0.717, 1.165) is 0 Å². The highest BCUT2D eigenvalue weighted by atomic mass is 35.5. The SMILES string of the molecule is COc1cc2cc(C(=O)N[C@@H](CC(C)C)C(=O)NN(CCC(N)=O)C(=O)C(F)Cl)[nH]c2cn1. The van der Waals surface area contributed by atoms with Gasteiger partial charge in [0.05, 0.1) is 25.4 Å². The number of rotatable bonds is 10. The molecule has 0 aliphatic rings. The number of methoxy groups -OCH3 is 1. The zero-order valence-electron chi connectivity index (χ0n) is 18.4. The number of fused-ring (bicyclic) bond motifs is 1. The number of nitrogens with two attached hydrogens (primary N) is 1.